The Kier molecular flexibility index (Phi) is 3.47. The summed E-state index contributed by atoms with van der Waals surface area (Å²) in [5.41, 5.74) is 3.43. The summed E-state index contributed by atoms with van der Waals surface area (Å²) in [5, 5.41) is 0. The highest BCUT2D eigenvalue weighted by atomic mass is 35.5. The number of halogens is 1. The van der Waals surface area contributed by atoms with Crippen molar-refractivity contribution >= 4 is 11.6 Å². The minimum atomic E-state index is 0.488. The Balaban J connectivity index is 2.49. The van der Waals surface area contributed by atoms with E-state index in [-0.39, 0.29) is 0 Å². The number of hydrogen-bond acceptors (Lipinski definition) is 1. The van der Waals surface area contributed by atoms with Crippen molar-refractivity contribution in [2.24, 2.45) is 0 Å². The summed E-state index contributed by atoms with van der Waals surface area (Å²) < 4.78 is 5.19. The molecule has 0 unspecified atom stereocenters. The average molecular weight is 233 g/mol. The van der Waals surface area contributed by atoms with Crippen LogP contribution in [0.5, 0.6) is 5.75 Å². The van der Waals surface area contributed by atoms with Gasteiger partial charge in [-0.1, -0.05) is 36.4 Å². The van der Waals surface area contributed by atoms with E-state index in [0.29, 0.717) is 5.88 Å². The second-order valence-electron chi connectivity index (χ2n) is 3.52. The van der Waals surface area contributed by atoms with Crippen LogP contribution in [0.1, 0.15) is 5.56 Å². The van der Waals surface area contributed by atoms with Gasteiger partial charge in [0.05, 0.1) is 7.11 Å². The van der Waals surface area contributed by atoms with Crippen LogP contribution in [0.3, 0.4) is 0 Å². The van der Waals surface area contributed by atoms with Gasteiger partial charge in [-0.25, -0.2) is 0 Å². The van der Waals surface area contributed by atoms with E-state index >= 15 is 0 Å². The summed E-state index contributed by atoms with van der Waals surface area (Å²) >= 11 is 5.96. The lowest BCUT2D eigenvalue weighted by atomic mass is 10.0. The van der Waals surface area contributed by atoms with Crippen LogP contribution >= 0.6 is 11.6 Å². The molecule has 0 saturated heterocycles. The Hall–Kier alpha value is -1.47. The van der Waals surface area contributed by atoms with Gasteiger partial charge in [0.15, 0.2) is 0 Å². The number of ether oxygens (including phenoxy) is 1. The van der Waals surface area contributed by atoms with Crippen molar-refractivity contribution < 1.29 is 4.74 Å². The highest BCUT2D eigenvalue weighted by molar-refractivity contribution is 6.17. The SMILES string of the molecule is COc1ccc(-c2ccccc2)c(CCl)c1. The Bertz CT molecular complexity index is 465. The van der Waals surface area contributed by atoms with Gasteiger partial charge in [-0.05, 0) is 28.8 Å². The molecule has 82 valence electrons. The molecule has 0 amide bonds. The Morgan fingerprint density at radius 3 is 2.44 bits per heavy atom. The molecule has 0 aliphatic carbocycles. The minimum Gasteiger partial charge on any atom is -0.497 e. The first-order valence-corrected chi connectivity index (χ1v) is 5.67. The fourth-order valence-corrected chi connectivity index (χ4v) is 1.93. The topological polar surface area (TPSA) is 9.23 Å². The summed E-state index contributed by atoms with van der Waals surface area (Å²) in [4.78, 5) is 0. The second kappa shape index (κ2) is 5.04. The highest BCUT2D eigenvalue weighted by Crippen LogP contribution is 2.28. The molecule has 0 saturated carbocycles. The van der Waals surface area contributed by atoms with Crippen LogP contribution in [0.4, 0.5) is 0 Å². The fraction of sp³-hybridized carbons (Fsp3) is 0.143. The number of hydrogen-bond donors (Lipinski definition) is 0. The molecule has 2 rings (SSSR count). The molecular weight excluding hydrogens is 220 g/mol. The Morgan fingerprint density at radius 1 is 1.06 bits per heavy atom. The van der Waals surface area contributed by atoms with Gasteiger partial charge < -0.3 is 4.74 Å². The Morgan fingerprint density at radius 2 is 1.81 bits per heavy atom. The lowest BCUT2D eigenvalue weighted by molar-refractivity contribution is 0.414. The van der Waals surface area contributed by atoms with E-state index < -0.39 is 0 Å². The standard InChI is InChI=1S/C14H13ClO/c1-16-13-7-8-14(12(9-13)10-15)11-5-3-2-4-6-11/h2-9H,10H2,1H3. The lowest BCUT2D eigenvalue weighted by Gasteiger charge is -2.09. The van der Waals surface area contributed by atoms with Crippen LogP contribution in [0.25, 0.3) is 11.1 Å². The molecule has 2 aromatic carbocycles. The third-order valence-corrected chi connectivity index (χ3v) is 2.83. The molecule has 2 heteroatoms. The number of benzene rings is 2. The number of methoxy groups -OCH3 is 1. The third-order valence-electron chi connectivity index (χ3n) is 2.54. The largest absolute Gasteiger partial charge is 0.497 e. The molecule has 0 aromatic heterocycles. The van der Waals surface area contributed by atoms with Gasteiger partial charge in [0, 0.05) is 5.88 Å². The average Bonchev–Trinajstić information content (AvgIpc) is 2.39. The van der Waals surface area contributed by atoms with E-state index in [2.05, 4.69) is 12.1 Å². The van der Waals surface area contributed by atoms with Crippen LogP contribution in [-0.4, -0.2) is 7.11 Å². The summed E-state index contributed by atoms with van der Waals surface area (Å²) in [7, 11) is 1.66. The first-order valence-electron chi connectivity index (χ1n) is 5.13. The van der Waals surface area contributed by atoms with Gasteiger partial charge in [-0.2, -0.15) is 0 Å². The molecule has 0 fully saturated rings. The number of rotatable bonds is 3. The predicted molar refractivity (Wildman–Crippen MR) is 68.0 cm³/mol. The fourth-order valence-electron chi connectivity index (χ4n) is 1.71. The molecule has 2 aromatic rings. The highest BCUT2D eigenvalue weighted by Gasteiger charge is 2.05. The molecule has 1 nitrogen and oxygen atoms in total. The first kappa shape index (κ1) is 11.0. The van der Waals surface area contributed by atoms with Crippen molar-refractivity contribution in [1.82, 2.24) is 0 Å². The monoisotopic (exact) mass is 232 g/mol. The van der Waals surface area contributed by atoms with Gasteiger partial charge in [-0.3, -0.25) is 0 Å². The van der Waals surface area contributed by atoms with E-state index in [9.17, 15) is 0 Å². The molecule has 0 atom stereocenters. The van der Waals surface area contributed by atoms with E-state index in [1.165, 1.54) is 5.56 Å². The molecule has 0 aliphatic rings. The summed E-state index contributed by atoms with van der Waals surface area (Å²) in [5.74, 6) is 1.33. The van der Waals surface area contributed by atoms with Gasteiger partial charge in [0.1, 0.15) is 5.75 Å². The van der Waals surface area contributed by atoms with Crippen LogP contribution in [0, 0.1) is 0 Å². The predicted octanol–water partition coefficient (Wildman–Crippen LogP) is 4.10. The van der Waals surface area contributed by atoms with Gasteiger partial charge in [0.25, 0.3) is 0 Å². The zero-order chi connectivity index (χ0) is 11.4. The molecule has 0 radical (unpaired) electrons. The lowest BCUT2D eigenvalue weighted by Crippen LogP contribution is -1.89. The van der Waals surface area contributed by atoms with Crippen LogP contribution in [0.2, 0.25) is 0 Å². The van der Waals surface area contributed by atoms with Crippen molar-refractivity contribution in [3.8, 4) is 16.9 Å². The minimum absolute atomic E-state index is 0.488. The van der Waals surface area contributed by atoms with Crippen molar-refractivity contribution in [2.45, 2.75) is 5.88 Å². The second-order valence-corrected chi connectivity index (χ2v) is 3.79. The molecule has 16 heavy (non-hydrogen) atoms. The molecule has 0 spiro atoms. The van der Waals surface area contributed by atoms with Gasteiger partial charge in [-0.15, -0.1) is 11.6 Å². The van der Waals surface area contributed by atoms with E-state index in [4.69, 9.17) is 16.3 Å². The number of alkyl halides is 1. The summed E-state index contributed by atoms with van der Waals surface area (Å²) in [6, 6.07) is 16.2. The zero-order valence-corrected chi connectivity index (χ0v) is 9.87. The maximum Gasteiger partial charge on any atom is 0.119 e. The summed E-state index contributed by atoms with van der Waals surface area (Å²) in [6.45, 7) is 0. The quantitative estimate of drug-likeness (QED) is 0.724. The van der Waals surface area contributed by atoms with Gasteiger partial charge >= 0.3 is 0 Å². The molecular formula is C14H13ClO. The molecule has 0 heterocycles. The molecule has 0 aliphatic heterocycles. The summed E-state index contributed by atoms with van der Waals surface area (Å²) in [6.07, 6.45) is 0. The normalized spacial score (nSPS) is 10.1. The van der Waals surface area contributed by atoms with E-state index in [0.717, 1.165) is 16.9 Å². The molecule has 0 bridgehead atoms. The van der Waals surface area contributed by atoms with Crippen LogP contribution in [0.15, 0.2) is 48.5 Å². The third kappa shape index (κ3) is 2.20. The van der Waals surface area contributed by atoms with Gasteiger partial charge in [0.2, 0.25) is 0 Å². The van der Waals surface area contributed by atoms with Crippen molar-refractivity contribution in [1.29, 1.82) is 0 Å². The van der Waals surface area contributed by atoms with E-state index in [1.54, 1.807) is 7.11 Å². The maximum atomic E-state index is 5.96. The smallest absolute Gasteiger partial charge is 0.119 e. The Labute approximate surface area is 101 Å². The van der Waals surface area contributed by atoms with Crippen molar-refractivity contribution in [2.75, 3.05) is 7.11 Å². The molecule has 0 N–H and O–H groups in total. The van der Waals surface area contributed by atoms with Crippen molar-refractivity contribution in [3.63, 3.8) is 0 Å². The van der Waals surface area contributed by atoms with E-state index in [1.807, 2.05) is 36.4 Å². The van der Waals surface area contributed by atoms with Crippen LogP contribution < -0.4 is 4.74 Å². The first-order chi connectivity index (χ1) is 7.85. The van der Waals surface area contributed by atoms with Crippen LogP contribution in [-0.2, 0) is 5.88 Å². The zero-order valence-electron chi connectivity index (χ0n) is 9.11. The van der Waals surface area contributed by atoms with Crippen molar-refractivity contribution in [3.05, 3.63) is 54.1 Å². The maximum absolute atomic E-state index is 5.96.